The van der Waals surface area contributed by atoms with Crippen LogP contribution in [0.1, 0.15) is 24.9 Å². The van der Waals surface area contributed by atoms with Gasteiger partial charge in [-0.15, -0.1) is 0 Å². The lowest BCUT2D eigenvalue weighted by Crippen LogP contribution is -2.14. The number of hydrogen-bond donors (Lipinski definition) is 2. The summed E-state index contributed by atoms with van der Waals surface area (Å²) in [5, 5.41) is 0. The van der Waals surface area contributed by atoms with Gasteiger partial charge in [0.15, 0.2) is 0 Å². The van der Waals surface area contributed by atoms with Crippen LogP contribution in [0, 0.1) is 0 Å². The van der Waals surface area contributed by atoms with E-state index in [2.05, 4.69) is 20.7 Å². The molecule has 0 radical (unpaired) electrons. The molecular weight excluding hydrogens is 352 g/mol. The quantitative estimate of drug-likeness (QED) is 0.845. The van der Waals surface area contributed by atoms with Crippen molar-refractivity contribution in [3.63, 3.8) is 0 Å². The Labute approximate surface area is 133 Å². The van der Waals surface area contributed by atoms with Gasteiger partial charge in [-0.3, -0.25) is 4.72 Å². The summed E-state index contributed by atoms with van der Waals surface area (Å²) in [5.74, 6) is 0. The third kappa shape index (κ3) is 4.06. The Hall–Kier alpha value is -1.37. The van der Waals surface area contributed by atoms with E-state index in [0.717, 1.165) is 16.5 Å². The van der Waals surface area contributed by atoms with Gasteiger partial charge in [-0.25, -0.2) is 8.42 Å². The summed E-state index contributed by atoms with van der Waals surface area (Å²) in [6.07, 6.45) is 0.753. The topological polar surface area (TPSA) is 72.2 Å². The molecule has 6 heteroatoms. The molecule has 0 bridgehead atoms. The number of nitrogens with two attached hydrogens (primary N) is 1. The molecule has 2 aromatic carbocycles. The zero-order valence-electron chi connectivity index (χ0n) is 11.6. The Balaban J connectivity index is 2.31. The van der Waals surface area contributed by atoms with Crippen LogP contribution in [-0.4, -0.2) is 8.42 Å². The molecule has 2 rings (SSSR count). The number of anilines is 1. The molecule has 0 amide bonds. The highest BCUT2D eigenvalue weighted by molar-refractivity contribution is 9.10. The lowest BCUT2D eigenvalue weighted by molar-refractivity contribution is 0.600. The number of halogens is 1. The van der Waals surface area contributed by atoms with Gasteiger partial charge in [0.1, 0.15) is 0 Å². The highest BCUT2D eigenvalue weighted by Gasteiger charge is 2.16. The van der Waals surface area contributed by atoms with Gasteiger partial charge in [-0.1, -0.05) is 41.1 Å². The number of sulfonamides is 1. The highest BCUT2D eigenvalue weighted by atomic mass is 79.9. The number of hydrogen-bond acceptors (Lipinski definition) is 3. The van der Waals surface area contributed by atoms with Crippen LogP contribution in [0.15, 0.2) is 57.9 Å². The first kappa shape index (κ1) is 16.0. The van der Waals surface area contributed by atoms with E-state index in [0.29, 0.717) is 5.69 Å². The Bertz CT molecular complexity index is 732. The third-order valence-electron chi connectivity index (χ3n) is 3.11. The summed E-state index contributed by atoms with van der Waals surface area (Å²) in [6, 6.07) is 13.6. The molecule has 0 aliphatic rings. The Morgan fingerprint density at radius 1 is 1.19 bits per heavy atom. The number of rotatable bonds is 5. The van der Waals surface area contributed by atoms with Crippen LogP contribution in [0.4, 0.5) is 5.69 Å². The van der Waals surface area contributed by atoms with Crippen molar-refractivity contribution < 1.29 is 8.42 Å². The predicted molar refractivity (Wildman–Crippen MR) is 88.6 cm³/mol. The molecule has 21 heavy (non-hydrogen) atoms. The normalized spacial score (nSPS) is 12.9. The van der Waals surface area contributed by atoms with Crippen molar-refractivity contribution in [3.8, 4) is 0 Å². The van der Waals surface area contributed by atoms with E-state index in [4.69, 9.17) is 5.73 Å². The zero-order chi connectivity index (χ0) is 15.5. The highest BCUT2D eigenvalue weighted by Crippen LogP contribution is 2.22. The van der Waals surface area contributed by atoms with Crippen molar-refractivity contribution in [1.29, 1.82) is 0 Å². The molecule has 0 aliphatic heterocycles. The molecule has 0 heterocycles. The van der Waals surface area contributed by atoms with Crippen LogP contribution in [0.2, 0.25) is 0 Å². The second-order valence-corrected chi connectivity index (χ2v) is 7.30. The van der Waals surface area contributed by atoms with Gasteiger partial charge in [-0.05, 0) is 42.3 Å². The standard InChI is InChI=1S/C15H17BrN2O2S/c1-2-15(17)11-5-3-8-14(9-11)21(19,20)18-13-7-4-6-12(16)10-13/h3-10,15,18H,2,17H2,1H3. The lowest BCUT2D eigenvalue weighted by Gasteiger charge is -2.12. The molecule has 1 unspecified atom stereocenters. The molecule has 2 aromatic rings. The third-order valence-corrected chi connectivity index (χ3v) is 4.99. The van der Waals surface area contributed by atoms with E-state index in [-0.39, 0.29) is 10.9 Å². The molecule has 0 saturated heterocycles. The molecule has 0 spiro atoms. The van der Waals surface area contributed by atoms with Gasteiger partial charge in [0.25, 0.3) is 10.0 Å². The van der Waals surface area contributed by atoms with Crippen molar-refractivity contribution in [1.82, 2.24) is 0 Å². The van der Waals surface area contributed by atoms with Crippen molar-refractivity contribution in [3.05, 3.63) is 58.6 Å². The van der Waals surface area contributed by atoms with Crippen LogP contribution in [-0.2, 0) is 10.0 Å². The van der Waals surface area contributed by atoms with Crippen LogP contribution >= 0.6 is 15.9 Å². The summed E-state index contributed by atoms with van der Waals surface area (Å²) in [4.78, 5) is 0.212. The van der Waals surface area contributed by atoms with E-state index in [1.54, 1.807) is 36.4 Å². The average Bonchev–Trinajstić information content (AvgIpc) is 2.46. The monoisotopic (exact) mass is 368 g/mol. The maximum Gasteiger partial charge on any atom is 0.261 e. The average molecular weight is 369 g/mol. The Kier molecular flexibility index (Phi) is 5.03. The molecule has 112 valence electrons. The second-order valence-electron chi connectivity index (χ2n) is 4.70. The van der Waals surface area contributed by atoms with Crippen molar-refractivity contribution in [2.75, 3.05) is 4.72 Å². The van der Waals surface area contributed by atoms with Gasteiger partial charge in [0, 0.05) is 16.2 Å². The number of nitrogens with one attached hydrogen (secondary N) is 1. The van der Waals surface area contributed by atoms with E-state index in [1.807, 2.05) is 19.1 Å². The largest absolute Gasteiger partial charge is 0.324 e. The fourth-order valence-electron chi connectivity index (χ4n) is 1.91. The molecule has 3 N–H and O–H groups in total. The SMILES string of the molecule is CCC(N)c1cccc(S(=O)(=O)Nc2cccc(Br)c2)c1. The van der Waals surface area contributed by atoms with E-state index >= 15 is 0 Å². The van der Waals surface area contributed by atoms with E-state index < -0.39 is 10.0 Å². The molecule has 1 atom stereocenters. The van der Waals surface area contributed by atoms with E-state index in [1.165, 1.54) is 0 Å². The summed E-state index contributed by atoms with van der Waals surface area (Å²) < 4.78 is 28.2. The van der Waals surface area contributed by atoms with Crippen LogP contribution in [0.3, 0.4) is 0 Å². The Morgan fingerprint density at radius 3 is 2.57 bits per heavy atom. The maximum atomic E-state index is 12.4. The summed E-state index contributed by atoms with van der Waals surface area (Å²) in [7, 11) is -3.62. The lowest BCUT2D eigenvalue weighted by atomic mass is 10.1. The molecule has 0 saturated carbocycles. The van der Waals surface area contributed by atoms with Gasteiger partial charge in [0.05, 0.1) is 4.90 Å². The zero-order valence-corrected chi connectivity index (χ0v) is 14.0. The Morgan fingerprint density at radius 2 is 1.90 bits per heavy atom. The molecule has 0 aromatic heterocycles. The maximum absolute atomic E-state index is 12.4. The van der Waals surface area contributed by atoms with Crippen LogP contribution in [0.5, 0.6) is 0 Å². The summed E-state index contributed by atoms with van der Waals surface area (Å²) in [5.41, 5.74) is 7.28. The predicted octanol–water partition coefficient (Wildman–Crippen LogP) is 3.66. The fraction of sp³-hybridized carbons (Fsp3) is 0.200. The van der Waals surface area contributed by atoms with Crippen molar-refractivity contribution >= 4 is 31.6 Å². The van der Waals surface area contributed by atoms with Gasteiger partial charge in [0.2, 0.25) is 0 Å². The number of benzene rings is 2. The smallest absolute Gasteiger partial charge is 0.261 e. The molecular formula is C15H17BrN2O2S. The summed E-state index contributed by atoms with van der Waals surface area (Å²) >= 11 is 3.31. The second kappa shape index (κ2) is 6.60. The first-order chi connectivity index (χ1) is 9.92. The van der Waals surface area contributed by atoms with E-state index in [9.17, 15) is 8.42 Å². The molecule has 0 fully saturated rings. The summed E-state index contributed by atoms with van der Waals surface area (Å²) in [6.45, 7) is 1.96. The van der Waals surface area contributed by atoms with Crippen LogP contribution in [0.25, 0.3) is 0 Å². The molecule has 4 nitrogen and oxygen atoms in total. The molecule has 0 aliphatic carbocycles. The fourth-order valence-corrected chi connectivity index (χ4v) is 3.42. The van der Waals surface area contributed by atoms with Gasteiger partial charge < -0.3 is 5.73 Å². The minimum Gasteiger partial charge on any atom is -0.324 e. The first-order valence-corrected chi connectivity index (χ1v) is 8.84. The van der Waals surface area contributed by atoms with Gasteiger partial charge in [-0.2, -0.15) is 0 Å². The van der Waals surface area contributed by atoms with Crippen LogP contribution < -0.4 is 10.5 Å². The van der Waals surface area contributed by atoms with Crippen molar-refractivity contribution in [2.45, 2.75) is 24.3 Å². The first-order valence-electron chi connectivity index (χ1n) is 6.56. The van der Waals surface area contributed by atoms with Crippen molar-refractivity contribution in [2.24, 2.45) is 5.73 Å². The van der Waals surface area contributed by atoms with Gasteiger partial charge >= 0.3 is 0 Å². The minimum absolute atomic E-state index is 0.161. The minimum atomic E-state index is -3.62.